The summed E-state index contributed by atoms with van der Waals surface area (Å²) >= 11 is 0. The molecule has 0 radical (unpaired) electrons. The van der Waals surface area contributed by atoms with E-state index in [4.69, 9.17) is 9.90 Å². The number of benzene rings is 2. The summed E-state index contributed by atoms with van der Waals surface area (Å²) in [5.41, 5.74) is 3.08. The van der Waals surface area contributed by atoms with Gasteiger partial charge in [-0.05, 0) is 36.2 Å². The molecule has 11 heteroatoms. The number of pyridine rings is 1. The molecule has 2 aromatic carbocycles. The molecule has 0 aliphatic carbocycles. The second-order valence-corrected chi connectivity index (χ2v) is 9.32. The van der Waals surface area contributed by atoms with E-state index in [1.807, 2.05) is 67.0 Å². The Bertz CT molecular complexity index is 1610. The molecule has 1 N–H and O–H groups in total. The third kappa shape index (κ3) is 6.54. The van der Waals surface area contributed by atoms with Crippen LogP contribution >= 0.6 is 0 Å². The molecule has 2 aromatic heterocycles. The van der Waals surface area contributed by atoms with E-state index in [2.05, 4.69) is 27.9 Å². The standard InChI is InChI=1S/C27H25N5O.C2HF3O2/c1-30-11-13-31(14-12-30)19-27(33)32-18-25(24-7-2-3-8-26(24)32)22(16-28)15-20-5-4-6-21-17-29-10-9-23(20)21;3-2(4,5)1(6)7/h2-10,15,17-18H,11-14,19H2,1H3;(H,6,7)/b22-15+;. The highest BCUT2D eigenvalue weighted by molar-refractivity contribution is 6.06. The van der Waals surface area contributed by atoms with Crippen LogP contribution in [0.2, 0.25) is 0 Å². The molecule has 0 spiro atoms. The summed E-state index contributed by atoms with van der Waals surface area (Å²) in [7, 11) is 2.10. The summed E-state index contributed by atoms with van der Waals surface area (Å²) in [5.74, 6) is -2.73. The number of piperazine rings is 1. The summed E-state index contributed by atoms with van der Waals surface area (Å²) in [6.45, 7) is 4.06. The van der Waals surface area contributed by atoms with Gasteiger partial charge in [0.25, 0.3) is 0 Å². The van der Waals surface area contributed by atoms with Gasteiger partial charge in [-0.1, -0.05) is 36.4 Å². The molecule has 1 saturated heterocycles. The zero-order valence-electron chi connectivity index (χ0n) is 21.6. The maximum atomic E-state index is 13.3. The lowest BCUT2D eigenvalue weighted by atomic mass is 10.00. The van der Waals surface area contributed by atoms with Crippen molar-refractivity contribution in [3.63, 3.8) is 0 Å². The number of nitriles is 1. The van der Waals surface area contributed by atoms with Crippen LogP contribution in [-0.2, 0) is 4.79 Å². The Morgan fingerprint density at radius 1 is 1.05 bits per heavy atom. The molecule has 0 bridgehead atoms. The molecule has 40 heavy (non-hydrogen) atoms. The Morgan fingerprint density at radius 2 is 1.75 bits per heavy atom. The molecule has 1 fully saturated rings. The molecule has 5 rings (SSSR count). The maximum absolute atomic E-state index is 13.3. The number of alkyl halides is 3. The largest absolute Gasteiger partial charge is 0.490 e. The molecular weight excluding hydrogens is 523 g/mol. The highest BCUT2D eigenvalue weighted by Gasteiger charge is 2.38. The topological polar surface area (TPSA) is 102 Å². The van der Waals surface area contributed by atoms with Gasteiger partial charge >= 0.3 is 12.1 Å². The zero-order valence-corrected chi connectivity index (χ0v) is 21.6. The first-order valence-electron chi connectivity index (χ1n) is 12.4. The first-order valence-corrected chi connectivity index (χ1v) is 12.4. The minimum atomic E-state index is -5.08. The van der Waals surface area contributed by atoms with Crippen molar-refractivity contribution in [2.24, 2.45) is 0 Å². The Hall–Kier alpha value is -4.53. The Morgan fingerprint density at radius 3 is 2.42 bits per heavy atom. The number of hydrogen-bond acceptors (Lipinski definition) is 6. The van der Waals surface area contributed by atoms with Crippen LogP contribution in [0.3, 0.4) is 0 Å². The quantitative estimate of drug-likeness (QED) is 0.366. The van der Waals surface area contributed by atoms with Gasteiger partial charge in [-0.15, -0.1) is 0 Å². The summed E-state index contributed by atoms with van der Waals surface area (Å²) in [5, 5.41) is 20.2. The fraction of sp³-hybridized carbons (Fsp3) is 0.241. The molecule has 8 nitrogen and oxygen atoms in total. The predicted octanol–water partition coefficient (Wildman–Crippen LogP) is 4.77. The molecule has 3 heterocycles. The lowest BCUT2D eigenvalue weighted by molar-refractivity contribution is -0.192. The van der Waals surface area contributed by atoms with Crippen LogP contribution in [0.15, 0.2) is 67.1 Å². The fourth-order valence-corrected chi connectivity index (χ4v) is 4.47. The van der Waals surface area contributed by atoms with Crippen molar-refractivity contribution in [2.75, 3.05) is 39.8 Å². The second-order valence-electron chi connectivity index (χ2n) is 9.32. The van der Waals surface area contributed by atoms with E-state index in [1.54, 1.807) is 10.8 Å². The van der Waals surface area contributed by atoms with E-state index in [-0.39, 0.29) is 5.91 Å². The highest BCUT2D eigenvalue weighted by Crippen LogP contribution is 2.30. The number of aromatic nitrogens is 2. The van der Waals surface area contributed by atoms with Gasteiger partial charge in [0.15, 0.2) is 0 Å². The number of halogens is 3. The molecule has 206 valence electrons. The van der Waals surface area contributed by atoms with Crippen LogP contribution in [0.25, 0.3) is 33.3 Å². The summed E-state index contributed by atoms with van der Waals surface area (Å²) < 4.78 is 33.4. The number of para-hydroxylation sites is 1. The van der Waals surface area contributed by atoms with E-state index in [0.29, 0.717) is 12.1 Å². The average molecular weight is 550 g/mol. The molecule has 1 aliphatic heterocycles. The lowest BCUT2D eigenvalue weighted by Gasteiger charge is -2.31. The highest BCUT2D eigenvalue weighted by atomic mass is 19.4. The Kier molecular flexibility index (Phi) is 8.62. The zero-order chi connectivity index (χ0) is 28.9. The van der Waals surface area contributed by atoms with Gasteiger partial charge in [0.05, 0.1) is 23.7 Å². The van der Waals surface area contributed by atoms with Gasteiger partial charge in [0.1, 0.15) is 0 Å². The van der Waals surface area contributed by atoms with E-state index in [1.165, 1.54) is 0 Å². The van der Waals surface area contributed by atoms with Crippen molar-refractivity contribution < 1.29 is 27.9 Å². The number of fused-ring (bicyclic) bond motifs is 2. The smallest absolute Gasteiger partial charge is 0.475 e. The van der Waals surface area contributed by atoms with Crippen molar-refractivity contribution in [3.05, 3.63) is 78.2 Å². The predicted molar refractivity (Wildman–Crippen MR) is 145 cm³/mol. The number of carbonyl (C=O) groups excluding carboxylic acids is 1. The van der Waals surface area contributed by atoms with Crippen LogP contribution in [0.5, 0.6) is 0 Å². The maximum Gasteiger partial charge on any atom is 0.490 e. The molecule has 4 aromatic rings. The lowest BCUT2D eigenvalue weighted by Crippen LogP contribution is -2.46. The second kappa shape index (κ2) is 12.1. The monoisotopic (exact) mass is 549 g/mol. The summed E-state index contributed by atoms with van der Waals surface area (Å²) in [6, 6.07) is 18.1. The first kappa shape index (κ1) is 28.5. The molecule has 1 aliphatic rings. The number of carboxylic acids is 1. The Balaban J connectivity index is 0.000000470. The number of allylic oxidation sites excluding steroid dienone is 1. The van der Waals surface area contributed by atoms with E-state index < -0.39 is 12.1 Å². The third-order valence-corrected chi connectivity index (χ3v) is 6.60. The molecular formula is C29H26F3N5O3. The number of rotatable bonds is 4. The third-order valence-electron chi connectivity index (χ3n) is 6.60. The van der Waals surface area contributed by atoms with Gasteiger partial charge in [-0.3, -0.25) is 19.2 Å². The fourth-order valence-electron chi connectivity index (χ4n) is 4.47. The summed E-state index contributed by atoms with van der Waals surface area (Å²) in [4.78, 5) is 30.8. The number of aliphatic carboxylic acids is 1. The average Bonchev–Trinajstić information content (AvgIpc) is 3.32. The van der Waals surface area contributed by atoms with E-state index >= 15 is 0 Å². The first-order chi connectivity index (χ1) is 19.1. The Labute approximate surface area is 228 Å². The molecule has 0 amide bonds. The van der Waals surface area contributed by atoms with Crippen molar-refractivity contribution in [1.29, 1.82) is 5.26 Å². The van der Waals surface area contributed by atoms with Crippen LogP contribution in [0, 0.1) is 11.3 Å². The van der Waals surface area contributed by atoms with Crippen molar-refractivity contribution in [3.8, 4) is 6.07 Å². The normalized spacial score (nSPS) is 14.9. The number of carboxylic acid groups (broad SMARTS) is 1. The number of hydrogen-bond donors (Lipinski definition) is 1. The van der Waals surface area contributed by atoms with Crippen LogP contribution in [0.4, 0.5) is 13.2 Å². The number of carbonyl (C=O) groups is 2. The van der Waals surface area contributed by atoms with Gasteiger partial charge in [0, 0.05) is 61.1 Å². The van der Waals surface area contributed by atoms with Crippen molar-refractivity contribution in [2.45, 2.75) is 6.18 Å². The van der Waals surface area contributed by atoms with E-state index in [0.717, 1.165) is 59.0 Å². The minimum absolute atomic E-state index is 0.0236. The number of nitrogens with zero attached hydrogens (tertiary/aromatic N) is 5. The van der Waals surface area contributed by atoms with Crippen LogP contribution in [0.1, 0.15) is 15.9 Å². The number of likely N-dealkylation sites (N-methyl/N-ethyl adjacent to an activating group) is 1. The van der Waals surface area contributed by atoms with Gasteiger partial charge in [-0.25, -0.2) is 4.79 Å². The van der Waals surface area contributed by atoms with E-state index in [9.17, 15) is 23.2 Å². The van der Waals surface area contributed by atoms with Gasteiger partial charge in [0.2, 0.25) is 5.91 Å². The molecule has 0 saturated carbocycles. The molecule has 0 atom stereocenters. The van der Waals surface area contributed by atoms with Crippen LogP contribution in [-0.4, -0.2) is 82.3 Å². The SMILES string of the molecule is CN1CCN(CC(=O)n2cc(/C(C#N)=C/c3cccc4cnccc34)c3ccccc32)CC1.O=C(O)C(F)(F)F. The van der Waals surface area contributed by atoms with Crippen molar-refractivity contribution >= 4 is 45.2 Å². The molecule has 0 unspecified atom stereocenters. The van der Waals surface area contributed by atoms with Crippen LogP contribution < -0.4 is 0 Å². The summed E-state index contributed by atoms with van der Waals surface area (Å²) in [6.07, 6.45) is 2.22. The van der Waals surface area contributed by atoms with Crippen molar-refractivity contribution in [1.82, 2.24) is 19.4 Å². The van der Waals surface area contributed by atoms with Gasteiger partial charge < -0.3 is 10.0 Å². The minimum Gasteiger partial charge on any atom is -0.475 e. The van der Waals surface area contributed by atoms with Gasteiger partial charge in [-0.2, -0.15) is 18.4 Å².